The number of rotatable bonds is 6. The standard InChI is InChI=1S/C23H21N7O/c1-2-3-4-21(31)27-17-7-14(10-25-13-17)15-8-18-22(29-30-23(18)26-12-15)20-9-16-11-24-6-5-19(16)28-20/h5-13,28H,2-4H2,1H3,(H,27,31)(H,26,29,30). The summed E-state index contributed by atoms with van der Waals surface area (Å²) >= 11 is 0. The summed E-state index contributed by atoms with van der Waals surface area (Å²) in [5.41, 5.74) is 5.82. The number of nitrogens with one attached hydrogen (secondary N) is 3. The minimum absolute atomic E-state index is 0.000186. The zero-order chi connectivity index (χ0) is 21.2. The van der Waals surface area contributed by atoms with E-state index < -0.39 is 0 Å². The van der Waals surface area contributed by atoms with Crippen molar-refractivity contribution < 1.29 is 4.79 Å². The molecule has 154 valence electrons. The van der Waals surface area contributed by atoms with Gasteiger partial charge in [0.05, 0.1) is 17.6 Å². The Balaban J connectivity index is 1.49. The van der Waals surface area contributed by atoms with Gasteiger partial charge in [-0.1, -0.05) is 13.3 Å². The van der Waals surface area contributed by atoms with Crippen LogP contribution in [0, 0.1) is 0 Å². The summed E-state index contributed by atoms with van der Waals surface area (Å²) < 4.78 is 0. The number of nitrogens with zero attached hydrogens (tertiary/aromatic N) is 4. The normalized spacial score (nSPS) is 11.3. The van der Waals surface area contributed by atoms with Crippen LogP contribution in [0.3, 0.4) is 0 Å². The smallest absolute Gasteiger partial charge is 0.224 e. The second-order valence-electron chi connectivity index (χ2n) is 7.45. The van der Waals surface area contributed by atoms with Crippen LogP contribution < -0.4 is 5.32 Å². The minimum Gasteiger partial charge on any atom is -0.353 e. The topological polar surface area (TPSA) is 112 Å². The van der Waals surface area contributed by atoms with E-state index in [1.54, 1.807) is 24.8 Å². The lowest BCUT2D eigenvalue weighted by molar-refractivity contribution is -0.116. The minimum atomic E-state index is -0.000186. The van der Waals surface area contributed by atoms with Gasteiger partial charge in [-0.05, 0) is 30.7 Å². The molecule has 3 N–H and O–H groups in total. The highest BCUT2D eigenvalue weighted by molar-refractivity contribution is 5.96. The SMILES string of the molecule is CCCCC(=O)Nc1cncc(-c2cnc3[nH]nc(-c4cc5cnccc5[nH]4)c3c2)c1. The molecule has 0 bridgehead atoms. The third-order valence-electron chi connectivity index (χ3n) is 5.21. The van der Waals surface area contributed by atoms with Gasteiger partial charge in [-0.25, -0.2) is 4.98 Å². The van der Waals surface area contributed by atoms with Crippen LogP contribution in [0.25, 0.3) is 44.5 Å². The molecule has 0 spiro atoms. The molecule has 8 nitrogen and oxygen atoms in total. The van der Waals surface area contributed by atoms with E-state index in [-0.39, 0.29) is 5.91 Å². The Morgan fingerprint density at radius 1 is 1.06 bits per heavy atom. The molecule has 5 heterocycles. The molecular formula is C23H21N7O. The fourth-order valence-electron chi connectivity index (χ4n) is 3.59. The van der Waals surface area contributed by atoms with E-state index in [0.29, 0.717) is 17.8 Å². The van der Waals surface area contributed by atoms with Crippen molar-refractivity contribution in [1.82, 2.24) is 30.1 Å². The number of amides is 1. The maximum atomic E-state index is 12.1. The Morgan fingerprint density at radius 2 is 1.97 bits per heavy atom. The van der Waals surface area contributed by atoms with Gasteiger partial charge in [0.2, 0.25) is 5.91 Å². The summed E-state index contributed by atoms with van der Waals surface area (Å²) in [5.74, 6) is -0.000186. The first-order valence-electron chi connectivity index (χ1n) is 10.2. The number of carbonyl (C=O) groups is 1. The van der Waals surface area contributed by atoms with E-state index in [1.807, 2.05) is 30.5 Å². The fourth-order valence-corrected chi connectivity index (χ4v) is 3.59. The molecule has 0 fully saturated rings. The molecule has 0 aliphatic carbocycles. The Morgan fingerprint density at radius 3 is 2.84 bits per heavy atom. The summed E-state index contributed by atoms with van der Waals surface area (Å²) in [4.78, 5) is 28.4. The lowest BCUT2D eigenvalue weighted by Gasteiger charge is -2.07. The molecule has 5 rings (SSSR count). The highest BCUT2D eigenvalue weighted by atomic mass is 16.1. The average molecular weight is 411 g/mol. The number of carbonyl (C=O) groups excluding carboxylic acids is 1. The highest BCUT2D eigenvalue weighted by Gasteiger charge is 2.13. The molecule has 0 saturated heterocycles. The first-order chi connectivity index (χ1) is 15.2. The van der Waals surface area contributed by atoms with Crippen LogP contribution in [0.4, 0.5) is 5.69 Å². The number of H-pyrrole nitrogens is 2. The Bertz CT molecular complexity index is 1350. The first kappa shape index (κ1) is 18.9. The summed E-state index contributed by atoms with van der Waals surface area (Å²) in [6, 6.07) is 7.90. The van der Waals surface area contributed by atoms with E-state index in [4.69, 9.17) is 0 Å². The highest BCUT2D eigenvalue weighted by Crippen LogP contribution is 2.31. The predicted octanol–water partition coefficient (Wildman–Crippen LogP) is 4.69. The van der Waals surface area contributed by atoms with Crippen molar-refractivity contribution in [2.24, 2.45) is 0 Å². The van der Waals surface area contributed by atoms with Gasteiger partial charge >= 0.3 is 0 Å². The summed E-state index contributed by atoms with van der Waals surface area (Å²) in [5, 5.41) is 12.3. The molecule has 0 unspecified atom stereocenters. The van der Waals surface area contributed by atoms with Crippen molar-refractivity contribution in [2.45, 2.75) is 26.2 Å². The van der Waals surface area contributed by atoms with Crippen LogP contribution in [0.1, 0.15) is 26.2 Å². The molecule has 0 aliphatic rings. The number of pyridine rings is 3. The molecule has 0 saturated carbocycles. The van der Waals surface area contributed by atoms with E-state index in [1.165, 1.54) is 0 Å². The summed E-state index contributed by atoms with van der Waals surface area (Å²) in [7, 11) is 0. The van der Waals surface area contributed by atoms with Gasteiger partial charge in [0, 0.05) is 58.6 Å². The van der Waals surface area contributed by atoms with E-state index in [2.05, 4.69) is 42.4 Å². The third-order valence-corrected chi connectivity index (χ3v) is 5.21. The molecular weight excluding hydrogens is 390 g/mol. The van der Waals surface area contributed by atoms with Crippen molar-refractivity contribution in [2.75, 3.05) is 5.32 Å². The molecule has 5 aromatic rings. The predicted molar refractivity (Wildman–Crippen MR) is 120 cm³/mol. The second kappa shape index (κ2) is 7.98. The number of hydrogen-bond acceptors (Lipinski definition) is 5. The molecule has 0 aromatic carbocycles. The molecule has 1 amide bonds. The van der Waals surface area contributed by atoms with E-state index in [9.17, 15) is 4.79 Å². The van der Waals surface area contributed by atoms with Crippen LogP contribution in [0.5, 0.6) is 0 Å². The van der Waals surface area contributed by atoms with Crippen LogP contribution in [-0.2, 0) is 4.79 Å². The van der Waals surface area contributed by atoms with Crippen molar-refractivity contribution in [3.8, 4) is 22.5 Å². The molecule has 31 heavy (non-hydrogen) atoms. The first-order valence-corrected chi connectivity index (χ1v) is 10.2. The molecule has 8 heteroatoms. The van der Waals surface area contributed by atoms with Gasteiger partial charge in [0.1, 0.15) is 5.69 Å². The van der Waals surface area contributed by atoms with Crippen molar-refractivity contribution >= 4 is 33.5 Å². The number of anilines is 1. The zero-order valence-corrected chi connectivity index (χ0v) is 17.0. The van der Waals surface area contributed by atoms with Gasteiger partial charge in [-0.15, -0.1) is 0 Å². The monoisotopic (exact) mass is 411 g/mol. The largest absolute Gasteiger partial charge is 0.353 e. The average Bonchev–Trinajstić information content (AvgIpc) is 3.41. The van der Waals surface area contributed by atoms with Gasteiger partial charge in [-0.3, -0.25) is 19.9 Å². The number of fused-ring (bicyclic) bond motifs is 2. The fraction of sp³-hybridized carbons (Fsp3) is 0.174. The number of hydrogen-bond donors (Lipinski definition) is 3. The Kier molecular flexibility index (Phi) is 4.87. The van der Waals surface area contributed by atoms with Gasteiger partial charge in [-0.2, -0.15) is 5.10 Å². The molecule has 0 aliphatic heterocycles. The van der Waals surface area contributed by atoms with Crippen LogP contribution in [0.15, 0.2) is 55.2 Å². The van der Waals surface area contributed by atoms with Crippen molar-refractivity contribution in [3.05, 3.63) is 55.2 Å². The molecule has 0 radical (unpaired) electrons. The quantitative estimate of drug-likeness (QED) is 0.375. The van der Waals surface area contributed by atoms with Gasteiger partial charge in [0.15, 0.2) is 5.65 Å². The second-order valence-corrected chi connectivity index (χ2v) is 7.45. The van der Waals surface area contributed by atoms with Crippen LogP contribution >= 0.6 is 0 Å². The molecule has 5 aromatic heterocycles. The maximum Gasteiger partial charge on any atom is 0.224 e. The summed E-state index contributed by atoms with van der Waals surface area (Å²) in [6.07, 6.45) is 11.1. The number of aromatic nitrogens is 6. The van der Waals surface area contributed by atoms with Crippen molar-refractivity contribution in [3.63, 3.8) is 0 Å². The van der Waals surface area contributed by atoms with Gasteiger partial charge < -0.3 is 10.3 Å². The lowest BCUT2D eigenvalue weighted by atomic mass is 10.1. The zero-order valence-electron chi connectivity index (χ0n) is 17.0. The van der Waals surface area contributed by atoms with Crippen molar-refractivity contribution in [1.29, 1.82) is 0 Å². The van der Waals surface area contributed by atoms with E-state index in [0.717, 1.165) is 51.6 Å². The van der Waals surface area contributed by atoms with E-state index >= 15 is 0 Å². The number of unbranched alkanes of at least 4 members (excludes halogenated alkanes) is 1. The number of aromatic amines is 2. The van der Waals surface area contributed by atoms with Crippen LogP contribution in [0.2, 0.25) is 0 Å². The van der Waals surface area contributed by atoms with Gasteiger partial charge in [0.25, 0.3) is 0 Å². The van der Waals surface area contributed by atoms with Crippen LogP contribution in [-0.4, -0.2) is 36.0 Å². The summed E-state index contributed by atoms with van der Waals surface area (Å²) in [6.45, 7) is 2.06. The Hall–Kier alpha value is -4.07. The maximum absolute atomic E-state index is 12.1. The lowest BCUT2D eigenvalue weighted by Crippen LogP contribution is -2.11. The Labute approximate surface area is 178 Å². The third kappa shape index (κ3) is 3.75. The molecule has 0 atom stereocenters.